The Kier molecular flexibility index (Phi) is 3.42. The summed E-state index contributed by atoms with van der Waals surface area (Å²) in [5, 5.41) is 12.7. The van der Waals surface area contributed by atoms with Gasteiger partial charge in [-0.3, -0.25) is 0 Å². The van der Waals surface area contributed by atoms with Gasteiger partial charge in [0.1, 0.15) is 18.1 Å². The van der Waals surface area contributed by atoms with Crippen LogP contribution in [0.3, 0.4) is 0 Å². The number of rotatable bonds is 5. The van der Waals surface area contributed by atoms with Gasteiger partial charge in [-0.1, -0.05) is 5.16 Å². The monoisotopic (exact) mass is 285 g/mol. The lowest BCUT2D eigenvalue weighted by molar-refractivity contribution is 0.0697. The first-order valence-electron chi connectivity index (χ1n) is 6.18. The normalized spacial score (nSPS) is 10.5. The van der Waals surface area contributed by atoms with Crippen LogP contribution in [0.1, 0.15) is 16.1 Å². The Morgan fingerprint density at radius 2 is 2.00 bits per heavy atom. The second kappa shape index (κ2) is 5.54. The summed E-state index contributed by atoms with van der Waals surface area (Å²) in [7, 11) is 0. The fourth-order valence-corrected chi connectivity index (χ4v) is 1.77. The van der Waals surface area contributed by atoms with Crippen LogP contribution in [0.25, 0.3) is 11.5 Å². The molecule has 3 rings (SSSR count). The van der Waals surface area contributed by atoms with Crippen molar-refractivity contribution in [3.63, 3.8) is 0 Å². The predicted octanol–water partition coefficient (Wildman–Crippen LogP) is 3.21. The van der Waals surface area contributed by atoms with E-state index in [1.807, 2.05) is 0 Å². The number of hydrogen-bond donors (Lipinski definition) is 1. The van der Waals surface area contributed by atoms with Crippen LogP contribution >= 0.6 is 0 Å². The highest BCUT2D eigenvalue weighted by Crippen LogP contribution is 2.21. The topological polar surface area (TPSA) is 85.7 Å². The van der Waals surface area contributed by atoms with E-state index in [2.05, 4.69) is 5.16 Å². The minimum absolute atomic E-state index is 0.212. The highest BCUT2D eigenvalue weighted by Gasteiger charge is 2.09. The van der Waals surface area contributed by atoms with Crippen molar-refractivity contribution in [2.75, 3.05) is 0 Å². The van der Waals surface area contributed by atoms with Gasteiger partial charge in [0.25, 0.3) is 0 Å². The number of carboxylic acid groups (broad SMARTS) is 1. The largest absolute Gasteiger partial charge is 0.487 e. The summed E-state index contributed by atoms with van der Waals surface area (Å²) in [6, 6.07) is 11.4. The third-order valence-corrected chi connectivity index (χ3v) is 2.81. The first-order valence-corrected chi connectivity index (χ1v) is 6.18. The van der Waals surface area contributed by atoms with Crippen molar-refractivity contribution >= 4 is 5.97 Å². The molecule has 0 atom stereocenters. The Morgan fingerprint density at radius 3 is 2.67 bits per heavy atom. The number of benzene rings is 1. The summed E-state index contributed by atoms with van der Waals surface area (Å²) in [4.78, 5) is 10.7. The molecule has 2 aromatic heterocycles. The molecule has 0 fully saturated rings. The first kappa shape index (κ1) is 13.0. The summed E-state index contributed by atoms with van der Waals surface area (Å²) in [5.41, 5.74) is 0.826. The zero-order valence-electron chi connectivity index (χ0n) is 10.9. The molecule has 0 saturated heterocycles. The van der Waals surface area contributed by atoms with Crippen molar-refractivity contribution in [3.05, 3.63) is 60.0 Å². The quantitative estimate of drug-likeness (QED) is 0.774. The molecule has 106 valence electrons. The molecule has 6 heteroatoms. The molecule has 21 heavy (non-hydrogen) atoms. The summed E-state index contributed by atoms with van der Waals surface area (Å²) in [5.74, 6) is 0.711. The van der Waals surface area contributed by atoms with Crippen molar-refractivity contribution < 1.29 is 23.6 Å². The lowest BCUT2D eigenvalue weighted by Gasteiger charge is -2.03. The van der Waals surface area contributed by atoms with Gasteiger partial charge in [-0.05, 0) is 36.4 Å². The maximum Gasteiger partial charge on any atom is 0.335 e. The lowest BCUT2D eigenvalue weighted by atomic mass is 10.2. The zero-order valence-corrected chi connectivity index (χ0v) is 10.9. The van der Waals surface area contributed by atoms with Crippen LogP contribution in [0.2, 0.25) is 0 Å². The fraction of sp³-hybridized carbons (Fsp3) is 0.0667. The minimum Gasteiger partial charge on any atom is -0.487 e. The third-order valence-electron chi connectivity index (χ3n) is 2.81. The van der Waals surface area contributed by atoms with E-state index < -0.39 is 5.97 Å². The van der Waals surface area contributed by atoms with Crippen LogP contribution in [-0.4, -0.2) is 16.2 Å². The van der Waals surface area contributed by atoms with E-state index in [9.17, 15) is 4.79 Å². The Bertz CT molecular complexity index is 728. The van der Waals surface area contributed by atoms with E-state index in [0.717, 1.165) is 0 Å². The number of aromatic carboxylic acids is 1. The van der Waals surface area contributed by atoms with Crippen molar-refractivity contribution in [2.24, 2.45) is 0 Å². The van der Waals surface area contributed by atoms with Gasteiger partial charge in [-0.25, -0.2) is 4.79 Å². The molecule has 6 nitrogen and oxygen atoms in total. The van der Waals surface area contributed by atoms with Gasteiger partial charge in [0, 0.05) is 6.07 Å². The van der Waals surface area contributed by atoms with Crippen molar-refractivity contribution in [2.45, 2.75) is 6.61 Å². The van der Waals surface area contributed by atoms with E-state index in [-0.39, 0.29) is 12.2 Å². The molecule has 0 spiro atoms. The molecule has 0 aliphatic carbocycles. The van der Waals surface area contributed by atoms with Gasteiger partial charge in [0.05, 0.1) is 11.8 Å². The second-order valence-electron chi connectivity index (χ2n) is 4.28. The Labute approximate surface area is 119 Å². The first-order chi connectivity index (χ1) is 10.2. The average molecular weight is 285 g/mol. The second-order valence-corrected chi connectivity index (χ2v) is 4.28. The number of carbonyl (C=O) groups is 1. The third kappa shape index (κ3) is 2.94. The summed E-state index contributed by atoms with van der Waals surface area (Å²) in [6.07, 6.45) is 1.55. The number of ether oxygens (including phenoxy) is 1. The maximum atomic E-state index is 10.7. The number of carboxylic acids is 1. The smallest absolute Gasteiger partial charge is 0.335 e. The van der Waals surface area contributed by atoms with Crippen molar-refractivity contribution in [1.82, 2.24) is 5.16 Å². The number of aromatic nitrogens is 1. The number of nitrogens with zero attached hydrogens (tertiary/aromatic N) is 1. The maximum absolute atomic E-state index is 10.7. The highest BCUT2D eigenvalue weighted by molar-refractivity contribution is 5.87. The van der Waals surface area contributed by atoms with Gasteiger partial charge in [0.15, 0.2) is 5.76 Å². The fourth-order valence-electron chi connectivity index (χ4n) is 1.77. The molecular weight excluding hydrogens is 274 g/mol. The molecule has 0 radical (unpaired) electrons. The highest BCUT2D eigenvalue weighted by atomic mass is 16.5. The molecule has 3 aromatic rings. The Balaban J connectivity index is 1.64. The standard InChI is InChI=1S/C15H11NO5/c17-15(18)10-3-5-12(6-4-10)20-9-11-8-14(21-16-11)13-2-1-7-19-13/h1-8H,9H2,(H,17,18). The van der Waals surface area contributed by atoms with Crippen LogP contribution in [-0.2, 0) is 6.61 Å². The molecule has 0 amide bonds. The molecule has 0 aliphatic heterocycles. The predicted molar refractivity (Wildman–Crippen MR) is 71.9 cm³/mol. The molecule has 0 saturated carbocycles. The molecule has 1 N–H and O–H groups in total. The van der Waals surface area contributed by atoms with Crippen molar-refractivity contribution in [3.8, 4) is 17.3 Å². The Hall–Kier alpha value is -3.02. The van der Waals surface area contributed by atoms with E-state index in [0.29, 0.717) is 23.0 Å². The summed E-state index contributed by atoms with van der Waals surface area (Å²) in [6.45, 7) is 0.219. The van der Waals surface area contributed by atoms with Crippen LogP contribution < -0.4 is 4.74 Å². The Morgan fingerprint density at radius 1 is 1.19 bits per heavy atom. The lowest BCUT2D eigenvalue weighted by Crippen LogP contribution is -1.98. The van der Waals surface area contributed by atoms with E-state index in [1.165, 1.54) is 12.1 Å². The number of furan rings is 1. The van der Waals surface area contributed by atoms with Gasteiger partial charge in [0.2, 0.25) is 5.76 Å². The molecule has 0 aliphatic rings. The van der Waals surface area contributed by atoms with Crippen LogP contribution in [0.5, 0.6) is 5.75 Å². The summed E-state index contributed by atoms with van der Waals surface area (Å²) < 4.78 is 15.9. The minimum atomic E-state index is -0.971. The van der Waals surface area contributed by atoms with Crippen LogP contribution in [0.15, 0.2) is 57.7 Å². The molecule has 2 heterocycles. The molecule has 0 unspecified atom stereocenters. The van der Waals surface area contributed by atoms with Gasteiger partial charge in [-0.15, -0.1) is 0 Å². The van der Waals surface area contributed by atoms with E-state index >= 15 is 0 Å². The van der Waals surface area contributed by atoms with Gasteiger partial charge in [-0.2, -0.15) is 0 Å². The zero-order chi connectivity index (χ0) is 14.7. The molecule has 1 aromatic carbocycles. The van der Waals surface area contributed by atoms with Gasteiger partial charge >= 0.3 is 5.97 Å². The van der Waals surface area contributed by atoms with Crippen LogP contribution in [0.4, 0.5) is 0 Å². The average Bonchev–Trinajstić information content (AvgIpc) is 3.16. The molecule has 0 bridgehead atoms. The molecular formula is C15H11NO5. The van der Waals surface area contributed by atoms with E-state index in [4.69, 9.17) is 18.8 Å². The SMILES string of the molecule is O=C(O)c1ccc(OCc2cc(-c3ccco3)on2)cc1. The summed E-state index contributed by atoms with van der Waals surface area (Å²) >= 11 is 0. The van der Waals surface area contributed by atoms with Crippen molar-refractivity contribution in [1.29, 1.82) is 0 Å². The van der Waals surface area contributed by atoms with Gasteiger partial charge < -0.3 is 18.8 Å². The number of hydrogen-bond acceptors (Lipinski definition) is 5. The van der Waals surface area contributed by atoms with E-state index in [1.54, 1.807) is 36.6 Å². The van der Waals surface area contributed by atoms with Crippen LogP contribution in [0, 0.1) is 0 Å².